The van der Waals surface area contributed by atoms with E-state index in [9.17, 15) is 4.79 Å². The van der Waals surface area contributed by atoms with Gasteiger partial charge in [0, 0.05) is 25.1 Å². The Hall–Kier alpha value is -2.67. The molecule has 1 aromatic carbocycles. The monoisotopic (exact) mass is 369 g/mol. The topological polar surface area (TPSA) is 68.5 Å². The van der Waals surface area contributed by atoms with E-state index in [0.29, 0.717) is 31.2 Å². The van der Waals surface area contributed by atoms with E-state index in [2.05, 4.69) is 10.1 Å². The van der Waals surface area contributed by atoms with Gasteiger partial charge < -0.3 is 14.2 Å². The molecule has 26 heavy (non-hydrogen) atoms. The predicted octanol–water partition coefficient (Wildman–Crippen LogP) is 3.28. The van der Waals surface area contributed by atoms with Gasteiger partial charge in [0.1, 0.15) is 5.75 Å². The highest BCUT2D eigenvalue weighted by atomic mass is 32.1. The van der Waals surface area contributed by atoms with Crippen molar-refractivity contribution in [1.29, 1.82) is 0 Å². The van der Waals surface area contributed by atoms with E-state index in [1.54, 1.807) is 7.11 Å². The Morgan fingerprint density at radius 3 is 2.92 bits per heavy atom. The van der Waals surface area contributed by atoms with Gasteiger partial charge in [-0.1, -0.05) is 23.4 Å². The number of likely N-dealkylation sites (tertiary alicyclic amines) is 1. The fraction of sp³-hybridized carbons (Fsp3) is 0.316. The molecule has 1 aliphatic rings. The Morgan fingerprint density at radius 2 is 2.19 bits per heavy atom. The smallest absolute Gasteiger partial charge is 0.263 e. The van der Waals surface area contributed by atoms with Gasteiger partial charge in [0.25, 0.3) is 5.91 Å². The normalized spacial score (nSPS) is 14.3. The van der Waals surface area contributed by atoms with Gasteiger partial charge in [-0.05, 0) is 30.0 Å². The second-order valence-electron chi connectivity index (χ2n) is 6.43. The molecule has 0 atom stereocenters. The Bertz CT molecular complexity index is 928. The Kier molecular flexibility index (Phi) is 4.46. The Labute approximate surface area is 155 Å². The number of nitrogens with zero attached hydrogens (tertiary/aromatic N) is 3. The van der Waals surface area contributed by atoms with Crippen LogP contribution in [0.5, 0.6) is 5.75 Å². The lowest BCUT2D eigenvalue weighted by Crippen LogP contribution is -2.48. The molecule has 6 nitrogen and oxygen atoms in total. The molecule has 134 valence electrons. The number of amides is 1. The number of para-hydroxylation sites is 1. The summed E-state index contributed by atoms with van der Waals surface area (Å²) in [4.78, 5) is 19.5. The summed E-state index contributed by atoms with van der Waals surface area (Å²) in [7, 11) is 1.65. The van der Waals surface area contributed by atoms with Crippen LogP contribution >= 0.6 is 11.3 Å². The lowest BCUT2D eigenvalue weighted by Gasteiger charge is -2.36. The first-order chi connectivity index (χ1) is 12.6. The van der Waals surface area contributed by atoms with Crippen molar-refractivity contribution >= 4 is 17.2 Å². The zero-order valence-corrected chi connectivity index (χ0v) is 15.5. The first kappa shape index (κ1) is 16.8. The van der Waals surface area contributed by atoms with E-state index in [-0.39, 0.29) is 11.8 Å². The number of thiophene rings is 1. The Balaban J connectivity index is 1.38. The van der Waals surface area contributed by atoms with Gasteiger partial charge in [0.2, 0.25) is 5.89 Å². The summed E-state index contributed by atoms with van der Waals surface area (Å²) in [5.74, 6) is 2.22. The average Bonchev–Trinajstić information content (AvgIpc) is 3.23. The number of ether oxygens (including phenoxy) is 1. The summed E-state index contributed by atoms with van der Waals surface area (Å²) < 4.78 is 10.8. The first-order valence-corrected chi connectivity index (χ1v) is 9.31. The van der Waals surface area contributed by atoms with Crippen LogP contribution in [0.15, 0.2) is 40.2 Å². The van der Waals surface area contributed by atoms with Gasteiger partial charge in [0.15, 0.2) is 5.82 Å². The lowest BCUT2D eigenvalue weighted by atomic mass is 10.00. The van der Waals surface area contributed by atoms with Crippen LogP contribution in [0.2, 0.25) is 0 Å². The molecule has 2 aromatic heterocycles. The lowest BCUT2D eigenvalue weighted by molar-refractivity contribution is 0.0574. The molecule has 0 bridgehead atoms. The molecule has 0 unspecified atom stereocenters. The third kappa shape index (κ3) is 3.22. The third-order valence-corrected chi connectivity index (χ3v) is 5.52. The van der Waals surface area contributed by atoms with Crippen LogP contribution in [0.4, 0.5) is 0 Å². The van der Waals surface area contributed by atoms with Crippen LogP contribution in [0.25, 0.3) is 0 Å². The molecule has 0 saturated carbocycles. The van der Waals surface area contributed by atoms with E-state index in [4.69, 9.17) is 9.26 Å². The van der Waals surface area contributed by atoms with Crippen molar-refractivity contribution in [2.45, 2.75) is 19.3 Å². The second kappa shape index (κ2) is 6.92. The van der Waals surface area contributed by atoms with Gasteiger partial charge in [-0.25, -0.2) is 0 Å². The first-order valence-electron chi connectivity index (χ1n) is 8.43. The molecule has 0 N–H and O–H groups in total. The number of hydrogen-bond acceptors (Lipinski definition) is 6. The van der Waals surface area contributed by atoms with Gasteiger partial charge in [0.05, 0.1) is 17.9 Å². The van der Waals surface area contributed by atoms with E-state index in [0.717, 1.165) is 21.8 Å². The minimum absolute atomic E-state index is 0.0770. The van der Waals surface area contributed by atoms with Crippen molar-refractivity contribution in [2.75, 3.05) is 20.2 Å². The predicted molar refractivity (Wildman–Crippen MR) is 97.8 cm³/mol. The van der Waals surface area contributed by atoms with Gasteiger partial charge in [-0.2, -0.15) is 4.98 Å². The zero-order chi connectivity index (χ0) is 18.1. The second-order valence-corrected chi connectivity index (χ2v) is 7.34. The van der Waals surface area contributed by atoms with Gasteiger partial charge in [-0.15, -0.1) is 11.3 Å². The molecular formula is C19H19N3O3S. The van der Waals surface area contributed by atoms with Crippen molar-refractivity contribution in [2.24, 2.45) is 0 Å². The van der Waals surface area contributed by atoms with E-state index >= 15 is 0 Å². The summed E-state index contributed by atoms with van der Waals surface area (Å²) >= 11 is 1.49. The highest BCUT2D eigenvalue weighted by Crippen LogP contribution is 2.29. The molecule has 0 aliphatic carbocycles. The number of rotatable bonds is 5. The summed E-state index contributed by atoms with van der Waals surface area (Å²) in [6.07, 6.45) is 0.553. The fourth-order valence-electron chi connectivity index (χ4n) is 3.02. The molecule has 1 amide bonds. The van der Waals surface area contributed by atoms with Crippen LogP contribution in [0.3, 0.4) is 0 Å². The van der Waals surface area contributed by atoms with Gasteiger partial charge in [-0.3, -0.25) is 4.79 Å². The standard InChI is InChI=1S/C19H19N3O3S/c1-12-7-16(26-11-12)19(23)22-9-14(10-22)18-20-17(21-25-18)8-13-5-3-4-6-15(13)24-2/h3-7,11,14H,8-10H2,1-2H3. The van der Waals surface area contributed by atoms with E-state index < -0.39 is 0 Å². The van der Waals surface area contributed by atoms with Crippen LogP contribution in [-0.4, -0.2) is 41.1 Å². The van der Waals surface area contributed by atoms with E-state index in [1.165, 1.54) is 11.3 Å². The maximum absolute atomic E-state index is 12.4. The molecule has 3 heterocycles. The highest BCUT2D eigenvalue weighted by molar-refractivity contribution is 7.12. The van der Waals surface area contributed by atoms with Crippen molar-refractivity contribution in [1.82, 2.24) is 15.0 Å². The Morgan fingerprint density at radius 1 is 1.38 bits per heavy atom. The number of carbonyl (C=O) groups is 1. The number of methoxy groups -OCH3 is 1. The minimum atomic E-state index is 0.0770. The van der Waals surface area contributed by atoms with Crippen LogP contribution in [0.1, 0.15) is 38.4 Å². The summed E-state index contributed by atoms with van der Waals surface area (Å²) in [5.41, 5.74) is 2.13. The quantitative estimate of drug-likeness (QED) is 0.690. The molecule has 4 rings (SSSR count). The molecule has 0 radical (unpaired) electrons. The average molecular weight is 369 g/mol. The molecule has 1 saturated heterocycles. The number of benzene rings is 1. The van der Waals surface area contributed by atoms with Crippen molar-refractivity contribution in [3.05, 3.63) is 63.4 Å². The van der Waals surface area contributed by atoms with Gasteiger partial charge >= 0.3 is 0 Å². The molecule has 3 aromatic rings. The number of aromatic nitrogens is 2. The third-order valence-electron chi connectivity index (χ3n) is 4.48. The number of carbonyl (C=O) groups excluding carboxylic acids is 1. The molecule has 0 spiro atoms. The summed E-state index contributed by atoms with van der Waals surface area (Å²) in [6, 6.07) is 9.72. The SMILES string of the molecule is COc1ccccc1Cc1noc(C2CN(C(=O)c3cc(C)cs3)C2)n1. The molecular weight excluding hydrogens is 350 g/mol. The van der Waals surface area contributed by atoms with Crippen LogP contribution < -0.4 is 4.74 Å². The zero-order valence-electron chi connectivity index (χ0n) is 14.6. The largest absolute Gasteiger partial charge is 0.496 e. The van der Waals surface area contributed by atoms with Crippen LogP contribution in [-0.2, 0) is 6.42 Å². The fourth-order valence-corrected chi connectivity index (χ4v) is 3.89. The maximum Gasteiger partial charge on any atom is 0.263 e. The van der Waals surface area contributed by atoms with E-state index in [1.807, 2.05) is 47.5 Å². The molecule has 1 aliphatic heterocycles. The molecule has 7 heteroatoms. The van der Waals surface area contributed by atoms with Crippen molar-refractivity contribution in [3.8, 4) is 5.75 Å². The minimum Gasteiger partial charge on any atom is -0.496 e. The summed E-state index contributed by atoms with van der Waals surface area (Å²) in [5, 5.41) is 6.07. The van der Waals surface area contributed by atoms with Crippen LogP contribution in [0, 0.1) is 6.92 Å². The summed E-state index contributed by atoms with van der Waals surface area (Å²) in [6.45, 7) is 3.23. The maximum atomic E-state index is 12.4. The number of aryl methyl sites for hydroxylation is 1. The van der Waals surface area contributed by atoms with Crippen molar-refractivity contribution < 1.29 is 14.1 Å². The highest BCUT2D eigenvalue weighted by Gasteiger charge is 2.36. The van der Waals surface area contributed by atoms with Crippen molar-refractivity contribution in [3.63, 3.8) is 0 Å². The molecule has 1 fully saturated rings. The number of hydrogen-bond donors (Lipinski definition) is 0.